The summed E-state index contributed by atoms with van der Waals surface area (Å²) < 4.78 is 9.74. The van der Waals surface area contributed by atoms with Gasteiger partial charge in [-0.05, 0) is 35.9 Å². The number of ketones is 1. The summed E-state index contributed by atoms with van der Waals surface area (Å²) in [5.74, 6) is -1.93. The Bertz CT molecular complexity index is 938. The third-order valence-electron chi connectivity index (χ3n) is 3.57. The first-order valence-corrected chi connectivity index (χ1v) is 8.77. The van der Waals surface area contributed by atoms with E-state index >= 15 is 0 Å². The van der Waals surface area contributed by atoms with E-state index in [1.54, 1.807) is 24.3 Å². The largest absolute Gasteiger partial charge is 0.462 e. The van der Waals surface area contributed by atoms with Gasteiger partial charge in [-0.3, -0.25) is 19.7 Å². The van der Waals surface area contributed by atoms with Gasteiger partial charge in [0.2, 0.25) is 0 Å². The molecule has 9 heteroatoms. The summed E-state index contributed by atoms with van der Waals surface area (Å²) in [6, 6.07) is 11.8. The number of carbonyl (C=O) groups is 3. The van der Waals surface area contributed by atoms with Crippen LogP contribution >= 0.6 is 11.6 Å². The zero-order valence-corrected chi connectivity index (χ0v) is 15.8. The second-order valence-corrected chi connectivity index (χ2v) is 6.07. The van der Waals surface area contributed by atoms with Gasteiger partial charge in [0, 0.05) is 17.2 Å². The van der Waals surface area contributed by atoms with Gasteiger partial charge in [0.1, 0.15) is 19.6 Å². The zero-order chi connectivity index (χ0) is 21.2. The second-order valence-electron chi connectivity index (χ2n) is 5.66. The molecule has 0 aromatic heterocycles. The van der Waals surface area contributed by atoms with Crippen molar-refractivity contribution in [3.05, 3.63) is 80.9 Å². The molecule has 0 radical (unpaired) electrons. The van der Waals surface area contributed by atoms with Crippen LogP contribution in [0.5, 0.6) is 0 Å². The van der Waals surface area contributed by atoms with E-state index in [1.165, 1.54) is 36.4 Å². The van der Waals surface area contributed by atoms with Gasteiger partial charge < -0.3 is 9.47 Å². The molecular weight excluding hydrogens is 402 g/mol. The quantitative estimate of drug-likeness (QED) is 0.153. The van der Waals surface area contributed by atoms with Gasteiger partial charge in [0.15, 0.2) is 5.78 Å². The lowest BCUT2D eigenvalue weighted by Crippen LogP contribution is -2.15. The molecule has 0 amide bonds. The highest BCUT2D eigenvalue weighted by Crippen LogP contribution is 2.16. The van der Waals surface area contributed by atoms with Gasteiger partial charge in [0.05, 0.1) is 10.5 Å². The van der Waals surface area contributed by atoms with Crippen molar-refractivity contribution in [2.75, 3.05) is 13.2 Å². The van der Waals surface area contributed by atoms with Gasteiger partial charge in [-0.1, -0.05) is 29.8 Å². The fourth-order valence-electron chi connectivity index (χ4n) is 2.14. The molecule has 0 spiro atoms. The number of hydrogen-bond donors (Lipinski definition) is 0. The average molecular weight is 418 g/mol. The lowest BCUT2D eigenvalue weighted by atomic mass is 10.2. The van der Waals surface area contributed by atoms with Gasteiger partial charge in [-0.15, -0.1) is 0 Å². The summed E-state index contributed by atoms with van der Waals surface area (Å²) in [6.07, 6.45) is 2.28. The lowest BCUT2D eigenvalue weighted by molar-refractivity contribution is -0.384. The summed E-state index contributed by atoms with van der Waals surface area (Å²) in [5, 5.41) is 11.0. The predicted octanol–water partition coefficient (Wildman–Crippen LogP) is 3.62. The number of nitrogens with zero attached hydrogens (tertiary/aromatic N) is 1. The topological polar surface area (TPSA) is 113 Å². The molecule has 0 fully saturated rings. The maximum atomic E-state index is 11.8. The molecule has 150 valence electrons. The van der Waals surface area contributed by atoms with E-state index in [9.17, 15) is 24.5 Å². The Kier molecular flexibility index (Phi) is 8.05. The van der Waals surface area contributed by atoms with Crippen LogP contribution < -0.4 is 0 Å². The Morgan fingerprint density at radius 1 is 1.00 bits per heavy atom. The first-order chi connectivity index (χ1) is 13.9. The van der Waals surface area contributed by atoms with E-state index < -0.39 is 29.1 Å². The molecule has 0 atom stereocenters. The summed E-state index contributed by atoms with van der Waals surface area (Å²) in [4.78, 5) is 45.2. The monoisotopic (exact) mass is 417 g/mol. The number of rotatable bonds is 9. The number of esters is 2. The van der Waals surface area contributed by atoms with Crippen LogP contribution in [0.4, 0.5) is 5.69 Å². The predicted molar refractivity (Wildman–Crippen MR) is 104 cm³/mol. The lowest BCUT2D eigenvalue weighted by Gasteiger charge is -2.06. The fraction of sp³-hybridized carbons (Fsp3) is 0.150. The molecule has 0 saturated heterocycles. The van der Waals surface area contributed by atoms with Crippen molar-refractivity contribution in [1.82, 2.24) is 0 Å². The van der Waals surface area contributed by atoms with Crippen LogP contribution in [0.2, 0.25) is 5.02 Å². The molecule has 8 nitrogen and oxygen atoms in total. The van der Waals surface area contributed by atoms with Crippen LogP contribution in [0.25, 0.3) is 6.08 Å². The number of benzene rings is 2. The van der Waals surface area contributed by atoms with Gasteiger partial charge in [-0.25, -0.2) is 4.79 Å². The first-order valence-electron chi connectivity index (χ1n) is 8.39. The van der Waals surface area contributed by atoms with Crippen molar-refractivity contribution in [2.24, 2.45) is 0 Å². The molecule has 0 N–H and O–H groups in total. The number of halogens is 1. The highest BCUT2D eigenvalue weighted by molar-refractivity contribution is 6.32. The van der Waals surface area contributed by atoms with Gasteiger partial charge in [0.25, 0.3) is 5.69 Å². The molecule has 2 rings (SSSR count). The minimum atomic E-state index is -0.759. The van der Waals surface area contributed by atoms with Crippen molar-refractivity contribution in [3.63, 3.8) is 0 Å². The minimum absolute atomic E-state index is 0.127. The van der Waals surface area contributed by atoms with Crippen LogP contribution in [0.3, 0.4) is 0 Å². The number of hydrogen-bond acceptors (Lipinski definition) is 7. The molecule has 0 unspecified atom stereocenters. The average Bonchev–Trinajstić information content (AvgIpc) is 2.70. The highest BCUT2D eigenvalue weighted by Gasteiger charge is 2.12. The number of nitro benzene ring substituents is 1. The van der Waals surface area contributed by atoms with Gasteiger partial charge >= 0.3 is 11.9 Å². The zero-order valence-electron chi connectivity index (χ0n) is 15.1. The Labute approximate surface area is 170 Å². The molecule has 0 aliphatic heterocycles. The smallest absolute Gasteiger partial charge is 0.338 e. The van der Waals surface area contributed by atoms with Crippen LogP contribution in [-0.4, -0.2) is 35.9 Å². The number of non-ortho nitro benzene ring substituents is 1. The van der Waals surface area contributed by atoms with Crippen molar-refractivity contribution >= 4 is 41.1 Å². The third-order valence-corrected chi connectivity index (χ3v) is 3.91. The molecule has 2 aromatic rings. The van der Waals surface area contributed by atoms with Crippen LogP contribution in [-0.2, 0) is 19.1 Å². The summed E-state index contributed by atoms with van der Waals surface area (Å²) >= 11 is 5.96. The Hall–Kier alpha value is -3.52. The van der Waals surface area contributed by atoms with E-state index in [0.29, 0.717) is 10.6 Å². The van der Waals surface area contributed by atoms with Crippen molar-refractivity contribution in [3.8, 4) is 0 Å². The number of ether oxygens (including phenoxy) is 2. The molecule has 29 heavy (non-hydrogen) atoms. The van der Waals surface area contributed by atoms with E-state index in [4.69, 9.17) is 21.1 Å². The molecule has 0 aliphatic rings. The van der Waals surface area contributed by atoms with Crippen LogP contribution in [0.1, 0.15) is 22.3 Å². The summed E-state index contributed by atoms with van der Waals surface area (Å²) in [6.45, 7) is -0.440. The molecule has 0 heterocycles. The SMILES string of the molecule is O=C(C=Cc1ccccc1Cl)CC(=O)OCCOC(=O)c1ccc([N+](=O)[O-])cc1. The van der Waals surface area contributed by atoms with Gasteiger partial charge in [-0.2, -0.15) is 0 Å². The highest BCUT2D eigenvalue weighted by atomic mass is 35.5. The Balaban J connectivity index is 1.70. The van der Waals surface area contributed by atoms with E-state index in [0.717, 1.165) is 0 Å². The number of carbonyl (C=O) groups excluding carboxylic acids is 3. The number of allylic oxidation sites excluding steroid dienone is 1. The van der Waals surface area contributed by atoms with Crippen LogP contribution in [0.15, 0.2) is 54.6 Å². The minimum Gasteiger partial charge on any atom is -0.462 e. The standard InChI is InChI=1S/C20H16ClNO7/c21-18-4-2-1-3-14(18)7-10-17(23)13-19(24)28-11-12-29-20(25)15-5-8-16(9-6-15)22(26)27/h1-10H,11-13H2. The van der Waals surface area contributed by atoms with E-state index in [2.05, 4.69) is 0 Å². The van der Waals surface area contributed by atoms with Crippen molar-refractivity contribution in [2.45, 2.75) is 6.42 Å². The molecule has 2 aromatic carbocycles. The van der Waals surface area contributed by atoms with E-state index in [-0.39, 0.29) is 24.5 Å². The normalized spacial score (nSPS) is 10.5. The van der Waals surface area contributed by atoms with Crippen LogP contribution in [0, 0.1) is 10.1 Å². The molecule has 0 saturated carbocycles. The fourth-order valence-corrected chi connectivity index (χ4v) is 2.34. The van der Waals surface area contributed by atoms with Crippen molar-refractivity contribution < 1.29 is 28.8 Å². The Morgan fingerprint density at radius 3 is 2.31 bits per heavy atom. The molecular formula is C20H16ClNO7. The Morgan fingerprint density at radius 2 is 1.66 bits per heavy atom. The summed E-state index contributed by atoms with van der Waals surface area (Å²) in [7, 11) is 0. The maximum absolute atomic E-state index is 11.8. The van der Waals surface area contributed by atoms with Crippen molar-refractivity contribution in [1.29, 1.82) is 0 Å². The summed E-state index contributed by atoms with van der Waals surface area (Å²) in [5.41, 5.74) is 0.625. The second kappa shape index (κ2) is 10.7. The first kappa shape index (κ1) is 21.8. The maximum Gasteiger partial charge on any atom is 0.338 e. The molecule has 0 aliphatic carbocycles. The third kappa shape index (κ3) is 7.19. The molecule has 0 bridgehead atoms. The van der Waals surface area contributed by atoms with E-state index in [1.807, 2.05) is 0 Å². The number of nitro groups is 1.